The van der Waals surface area contributed by atoms with Crippen LogP contribution >= 0.6 is 27.5 Å². The first-order valence-electron chi connectivity index (χ1n) is 7.56. The third-order valence-corrected chi connectivity index (χ3v) is 4.71. The van der Waals surface area contributed by atoms with E-state index in [1.54, 1.807) is 12.1 Å². The summed E-state index contributed by atoms with van der Waals surface area (Å²) in [7, 11) is 0. The summed E-state index contributed by atoms with van der Waals surface area (Å²) in [5, 5.41) is 1.65. The first-order chi connectivity index (χ1) is 11.1. The molecule has 2 aromatic carbocycles. The second-order valence-corrected chi connectivity index (χ2v) is 6.84. The fourth-order valence-corrected chi connectivity index (χ4v) is 3.73. The van der Waals surface area contributed by atoms with Crippen LogP contribution in [0.4, 0.5) is 4.39 Å². The summed E-state index contributed by atoms with van der Waals surface area (Å²) in [5.74, 6) is -0.241. The number of nitrogens with one attached hydrogen (secondary N) is 1. The van der Waals surface area contributed by atoms with Gasteiger partial charge in [-0.15, -0.1) is 0 Å². The monoisotopic (exact) mass is 394 g/mol. The molecule has 0 bridgehead atoms. The topological polar surface area (TPSA) is 41.8 Å². The lowest BCUT2D eigenvalue weighted by Gasteiger charge is -2.06. The Kier molecular flexibility index (Phi) is 5.05. The third-order valence-electron chi connectivity index (χ3n) is 3.96. The van der Waals surface area contributed by atoms with Gasteiger partial charge in [-0.05, 0) is 55.6 Å². The van der Waals surface area contributed by atoms with Crippen molar-refractivity contribution in [3.63, 3.8) is 0 Å². The van der Waals surface area contributed by atoms with Crippen LogP contribution in [0.1, 0.15) is 18.4 Å². The minimum absolute atomic E-state index is 0.241. The van der Waals surface area contributed by atoms with Crippen LogP contribution in [0.15, 0.2) is 40.9 Å². The molecule has 0 aliphatic rings. The molecule has 1 aromatic heterocycles. The summed E-state index contributed by atoms with van der Waals surface area (Å²) < 4.78 is 15.2. The molecule has 0 aliphatic carbocycles. The Morgan fingerprint density at radius 3 is 2.70 bits per heavy atom. The molecular weight excluding hydrogens is 379 g/mol. The Bertz CT molecular complexity index is 844. The smallest absolute Gasteiger partial charge is 0.132 e. The van der Waals surface area contributed by atoms with Gasteiger partial charge in [0.25, 0.3) is 0 Å². The van der Waals surface area contributed by atoms with Gasteiger partial charge in [0.1, 0.15) is 5.82 Å². The first kappa shape index (κ1) is 16.5. The van der Waals surface area contributed by atoms with Crippen molar-refractivity contribution in [2.75, 3.05) is 6.54 Å². The SMILES string of the molecule is NCCCCc1c(-c2ccccc2F)[nH]c2c(Cl)cc(Br)cc12. The number of hydrogen-bond donors (Lipinski definition) is 2. The summed E-state index contributed by atoms with van der Waals surface area (Å²) >= 11 is 9.85. The van der Waals surface area contributed by atoms with E-state index in [-0.39, 0.29) is 5.82 Å². The predicted molar refractivity (Wildman–Crippen MR) is 98.4 cm³/mol. The predicted octanol–water partition coefficient (Wildman–Crippen LogP) is 5.67. The fourth-order valence-electron chi connectivity index (χ4n) is 2.87. The number of nitrogens with two attached hydrogens (primary N) is 1. The van der Waals surface area contributed by atoms with E-state index in [1.165, 1.54) is 6.07 Å². The van der Waals surface area contributed by atoms with E-state index in [0.29, 0.717) is 17.1 Å². The fraction of sp³-hybridized carbons (Fsp3) is 0.222. The molecule has 2 nitrogen and oxygen atoms in total. The van der Waals surface area contributed by atoms with E-state index in [1.807, 2.05) is 18.2 Å². The average Bonchev–Trinajstić information content (AvgIpc) is 2.87. The van der Waals surface area contributed by atoms with Gasteiger partial charge in [-0.3, -0.25) is 0 Å². The molecule has 120 valence electrons. The van der Waals surface area contributed by atoms with Gasteiger partial charge >= 0.3 is 0 Å². The van der Waals surface area contributed by atoms with E-state index < -0.39 is 0 Å². The lowest BCUT2D eigenvalue weighted by atomic mass is 10.00. The Labute approximate surface area is 148 Å². The van der Waals surface area contributed by atoms with Crippen molar-refractivity contribution in [2.45, 2.75) is 19.3 Å². The molecule has 0 saturated heterocycles. The minimum atomic E-state index is -0.241. The maximum atomic E-state index is 14.3. The standard InChI is InChI=1S/C18H17BrClFN2/c19-11-9-14-12(5-3-4-8-22)17(23-18(14)15(20)10-11)13-6-1-2-7-16(13)21/h1-2,6-7,9-10,23H,3-5,8,22H2. The average molecular weight is 396 g/mol. The first-order valence-corrected chi connectivity index (χ1v) is 8.73. The minimum Gasteiger partial charge on any atom is -0.353 e. The Hall–Kier alpha value is -1.36. The maximum Gasteiger partial charge on any atom is 0.132 e. The van der Waals surface area contributed by atoms with Crippen LogP contribution < -0.4 is 5.73 Å². The van der Waals surface area contributed by atoms with Crippen LogP contribution in [-0.2, 0) is 6.42 Å². The summed E-state index contributed by atoms with van der Waals surface area (Å²) in [5.41, 5.74) is 8.90. The number of aromatic amines is 1. The highest BCUT2D eigenvalue weighted by Gasteiger charge is 2.17. The van der Waals surface area contributed by atoms with Crippen LogP contribution in [0.3, 0.4) is 0 Å². The van der Waals surface area contributed by atoms with E-state index in [4.69, 9.17) is 17.3 Å². The second-order valence-electron chi connectivity index (χ2n) is 5.51. The van der Waals surface area contributed by atoms with Crippen molar-refractivity contribution in [1.82, 2.24) is 4.98 Å². The van der Waals surface area contributed by atoms with Gasteiger partial charge in [-0.1, -0.05) is 39.7 Å². The molecule has 0 aliphatic heterocycles. The Morgan fingerprint density at radius 2 is 1.96 bits per heavy atom. The molecule has 3 N–H and O–H groups in total. The van der Waals surface area contributed by atoms with Gasteiger partial charge in [0, 0.05) is 15.4 Å². The molecule has 0 radical (unpaired) electrons. The quantitative estimate of drug-likeness (QED) is 0.537. The molecule has 5 heteroatoms. The molecule has 0 amide bonds. The van der Waals surface area contributed by atoms with Crippen LogP contribution in [0.2, 0.25) is 5.02 Å². The number of benzene rings is 2. The van der Waals surface area contributed by atoms with Gasteiger partial charge in [-0.25, -0.2) is 4.39 Å². The van der Waals surface area contributed by atoms with Gasteiger partial charge in [0.05, 0.1) is 16.2 Å². The summed E-state index contributed by atoms with van der Waals surface area (Å²) in [4.78, 5) is 3.32. The van der Waals surface area contributed by atoms with Gasteiger partial charge in [0.2, 0.25) is 0 Å². The summed E-state index contributed by atoms with van der Waals surface area (Å²) in [6, 6.07) is 10.7. The molecule has 0 saturated carbocycles. The largest absolute Gasteiger partial charge is 0.353 e. The van der Waals surface area contributed by atoms with Crippen molar-refractivity contribution in [3.05, 3.63) is 57.3 Å². The maximum absolute atomic E-state index is 14.3. The summed E-state index contributed by atoms with van der Waals surface area (Å²) in [6.45, 7) is 0.655. The molecule has 0 spiro atoms. The van der Waals surface area contributed by atoms with Gasteiger partial charge in [-0.2, -0.15) is 0 Å². The number of halogens is 3. The van der Waals surface area contributed by atoms with Crippen LogP contribution in [0.5, 0.6) is 0 Å². The van der Waals surface area contributed by atoms with Gasteiger partial charge < -0.3 is 10.7 Å². The Morgan fingerprint density at radius 1 is 1.17 bits per heavy atom. The number of unbranched alkanes of at least 4 members (excludes halogenated alkanes) is 1. The normalized spacial score (nSPS) is 11.3. The van der Waals surface area contributed by atoms with Crippen molar-refractivity contribution in [1.29, 1.82) is 0 Å². The highest BCUT2D eigenvalue weighted by atomic mass is 79.9. The zero-order chi connectivity index (χ0) is 16.4. The molecule has 3 rings (SSSR count). The highest BCUT2D eigenvalue weighted by molar-refractivity contribution is 9.10. The van der Waals surface area contributed by atoms with Crippen molar-refractivity contribution < 1.29 is 4.39 Å². The molecule has 0 atom stereocenters. The molecule has 1 heterocycles. The van der Waals surface area contributed by atoms with Crippen LogP contribution in [0.25, 0.3) is 22.2 Å². The number of aryl methyl sites for hydroxylation is 1. The van der Waals surface area contributed by atoms with E-state index in [2.05, 4.69) is 20.9 Å². The lowest BCUT2D eigenvalue weighted by Crippen LogP contribution is -1.99. The number of H-pyrrole nitrogens is 1. The summed E-state index contributed by atoms with van der Waals surface area (Å²) in [6.07, 6.45) is 2.72. The Balaban J connectivity index is 2.21. The zero-order valence-corrected chi connectivity index (χ0v) is 14.8. The molecule has 3 aromatic rings. The molecule has 23 heavy (non-hydrogen) atoms. The molecule has 0 unspecified atom stereocenters. The van der Waals surface area contributed by atoms with E-state index in [0.717, 1.165) is 45.9 Å². The highest BCUT2D eigenvalue weighted by Crippen LogP contribution is 2.37. The number of aromatic nitrogens is 1. The zero-order valence-electron chi connectivity index (χ0n) is 12.5. The van der Waals surface area contributed by atoms with E-state index in [9.17, 15) is 4.39 Å². The van der Waals surface area contributed by atoms with Crippen LogP contribution in [-0.4, -0.2) is 11.5 Å². The van der Waals surface area contributed by atoms with Gasteiger partial charge in [0.15, 0.2) is 0 Å². The van der Waals surface area contributed by atoms with E-state index >= 15 is 0 Å². The number of fused-ring (bicyclic) bond motifs is 1. The van der Waals surface area contributed by atoms with Crippen molar-refractivity contribution in [3.8, 4) is 11.3 Å². The van der Waals surface area contributed by atoms with Crippen molar-refractivity contribution in [2.24, 2.45) is 5.73 Å². The molecule has 0 fully saturated rings. The third kappa shape index (κ3) is 3.30. The molecular formula is C18H17BrClFN2. The second kappa shape index (κ2) is 7.04. The number of hydrogen-bond acceptors (Lipinski definition) is 1. The number of rotatable bonds is 5. The van der Waals surface area contributed by atoms with Crippen molar-refractivity contribution >= 4 is 38.4 Å². The lowest BCUT2D eigenvalue weighted by molar-refractivity contribution is 0.630. The van der Waals surface area contributed by atoms with Crippen LogP contribution in [0, 0.1) is 5.82 Å².